The van der Waals surface area contributed by atoms with E-state index >= 15 is 0 Å². The fourth-order valence-electron chi connectivity index (χ4n) is 2.36. The molecule has 0 aliphatic heterocycles. The maximum absolute atomic E-state index is 9.54. The zero-order chi connectivity index (χ0) is 15.2. The molecule has 2 heteroatoms. The quantitative estimate of drug-likeness (QED) is 0.836. The molecule has 1 atom stereocenters. The molecule has 0 heterocycles. The first-order valence-electron chi connectivity index (χ1n) is 7.62. The molecule has 0 fully saturated rings. The highest BCUT2D eigenvalue weighted by molar-refractivity contribution is 5.35. The number of hydrogen-bond donors (Lipinski definition) is 2. The van der Waals surface area contributed by atoms with E-state index in [-0.39, 0.29) is 0 Å². The number of phenolic OH excluding ortho intramolecular Hbond substituents is 1. The van der Waals surface area contributed by atoms with Crippen LogP contribution in [0.15, 0.2) is 42.5 Å². The van der Waals surface area contributed by atoms with Gasteiger partial charge in [0, 0.05) is 12.6 Å². The molecular weight excluding hydrogens is 258 g/mol. The second-order valence-corrected chi connectivity index (χ2v) is 5.93. The lowest BCUT2D eigenvalue weighted by atomic mass is 10.0. The van der Waals surface area contributed by atoms with Gasteiger partial charge in [-0.2, -0.15) is 0 Å². The molecule has 0 bridgehead atoms. The third-order valence-electron chi connectivity index (χ3n) is 3.90. The molecule has 0 aliphatic carbocycles. The molecular formula is C19H25NO. The van der Waals surface area contributed by atoms with Crippen molar-refractivity contribution in [3.8, 4) is 5.75 Å². The average molecular weight is 283 g/mol. The summed E-state index contributed by atoms with van der Waals surface area (Å²) in [7, 11) is 0. The number of hydrogen-bond acceptors (Lipinski definition) is 2. The molecule has 2 N–H and O–H groups in total. The standard InChI is InChI=1S/C19H25NO/c1-14-4-7-18(8-5-14)13-20-16(3)6-9-17-10-11-19(21)15(2)12-17/h4-5,7-8,10-12,16,20-21H,6,9,13H2,1-3H3/t16-/m1/s1. The van der Waals surface area contributed by atoms with Crippen LogP contribution in [-0.2, 0) is 13.0 Å². The van der Waals surface area contributed by atoms with Gasteiger partial charge in [0.2, 0.25) is 0 Å². The molecule has 0 saturated heterocycles. The van der Waals surface area contributed by atoms with Crippen molar-refractivity contribution >= 4 is 0 Å². The normalized spacial score (nSPS) is 12.3. The van der Waals surface area contributed by atoms with Crippen LogP contribution in [0.3, 0.4) is 0 Å². The molecule has 0 saturated carbocycles. The Hall–Kier alpha value is -1.80. The van der Waals surface area contributed by atoms with Gasteiger partial charge in [0.15, 0.2) is 0 Å². The monoisotopic (exact) mass is 283 g/mol. The number of aryl methyl sites for hydroxylation is 3. The first-order valence-corrected chi connectivity index (χ1v) is 7.62. The lowest BCUT2D eigenvalue weighted by Gasteiger charge is -2.14. The zero-order valence-corrected chi connectivity index (χ0v) is 13.2. The first kappa shape index (κ1) is 15.6. The number of benzene rings is 2. The number of rotatable bonds is 6. The van der Waals surface area contributed by atoms with Gasteiger partial charge >= 0.3 is 0 Å². The molecule has 0 radical (unpaired) electrons. The highest BCUT2D eigenvalue weighted by atomic mass is 16.3. The van der Waals surface area contributed by atoms with Gasteiger partial charge in [0.25, 0.3) is 0 Å². The number of nitrogens with one attached hydrogen (secondary N) is 1. The van der Waals surface area contributed by atoms with Crippen LogP contribution in [0.2, 0.25) is 0 Å². The summed E-state index contributed by atoms with van der Waals surface area (Å²) in [5.41, 5.74) is 4.87. The van der Waals surface area contributed by atoms with Crippen LogP contribution in [0.5, 0.6) is 5.75 Å². The van der Waals surface area contributed by atoms with Crippen LogP contribution < -0.4 is 5.32 Å². The largest absolute Gasteiger partial charge is 0.508 e. The Bertz CT molecular complexity index is 575. The van der Waals surface area contributed by atoms with Crippen molar-refractivity contribution in [1.29, 1.82) is 0 Å². The fourth-order valence-corrected chi connectivity index (χ4v) is 2.36. The Morgan fingerprint density at radius 2 is 1.67 bits per heavy atom. The lowest BCUT2D eigenvalue weighted by molar-refractivity contribution is 0.470. The fraction of sp³-hybridized carbons (Fsp3) is 0.368. The summed E-state index contributed by atoms with van der Waals surface area (Å²) in [4.78, 5) is 0. The number of phenols is 1. The van der Waals surface area contributed by atoms with Gasteiger partial charge in [-0.1, -0.05) is 42.0 Å². The molecule has 0 aromatic heterocycles. The van der Waals surface area contributed by atoms with Crippen LogP contribution in [0, 0.1) is 13.8 Å². The molecule has 2 aromatic carbocycles. The molecule has 2 aromatic rings. The Balaban J connectivity index is 1.77. The maximum Gasteiger partial charge on any atom is 0.118 e. The minimum Gasteiger partial charge on any atom is -0.508 e. The molecule has 0 amide bonds. The van der Waals surface area contributed by atoms with Crippen molar-refractivity contribution in [2.75, 3.05) is 0 Å². The summed E-state index contributed by atoms with van der Waals surface area (Å²) in [6, 6.07) is 15.0. The summed E-state index contributed by atoms with van der Waals surface area (Å²) in [5.74, 6) is 0.379. The Morgan fingerprint density at radius 1 is 1.00 bits per heavy atom. The van der Waals surface area contributed by atoms with E-state index < -0.39 is 0 Å². The Labute approximate surface area is 127 Å². The number of aromatic hydroxyl groups is 1. The second-order valence-electron chi connectivity index (χ2n) is 5.93. The maximum atomic E-state index is 9.54. The van der Waals surface area contributed by atoms with E-state index in [1.807, 2.05) is 13.0 Å². The van der Waals surface area contributed by atoms with Crippen molar-refractivity contribution < 1.29 is 5.11 Å². The summed E-state index contributed by atoms with van der Waals surface area (Å²) in [6.07, 6.45) is 2.12. The summed E-state index contributed by atoms with van der Waals surface area (Å²) in [5, 5.41) is 13.1. The zero-order valence-electron chi connectivity index (χ0n) is 13.2. The summed E-state index contributed by atoms with van der Waals surface area (Å²) in [6.45, 7) is 7.19. The first-order chi connectivity index (χ1) is 10.0. The van der Waals surface area contributed by atoms with Gasteiger partial charge in [0.1, 0.15) is 5.75 Å². The molecule has 2 rings (SSSR count). The SMILES string of the molecule is Cc1ccc(CN[C@H](C)CCc2ccc(O)c(C)c2)cc1. The van der Waals surface area contributed by atoms with Gasteiger partial charge in [-0.25, -0.2) is 0 Å². The van der Waals surface area contributed by atoms with Gasteiger partial charge in [0.05, 0.1) is 0 Å². The van der Waals surface area contributed by atoms with Crippen LogP contribution in [0.1, 0.15) is 35.6 Å². The van der Waals surface area contributed by atoms with Gasteiger partial charge in [-0.3, -0.25) is 0 Å². The predicted octanol–water partition coefficient (Wildman–Crippen LogP) is 4.12. The van der Waals surface area contributed by atoms with Gasteiger partial charge < -0.3 is 10.4 Å². The molecule has 0 unspecified atom stereocenters. The van der Waals surface area contributed by atoms with E-state index in [1.54, 1.807) is 6.07 Å². The van der Waals surface area contributed by atoms with Crippen LogP contribution >= 0.6 is 0 Å². The van der Waals surface area contributed by atoms with Crippen molar-refractivity contribution in [2.24, 2.45) is 0 Å². The van der Waals surface area contributed by atoms with Crippen molar-refractivity contribution in [3.63, 3.8) is 0 Å². The highest BCUT2D eigenvalue weighted by Gasteiger charge is 2.04. The Morgan fingerprint density at radius 3 is 2.33 bits per heavy atom. The van der Waals surface area contributed by atoms with E-state index in [9.17, 15) is 5.11 Å². The average Bonchev–Trinajstić information content (AvgIpc) is 2.48. The summed E-state index contributed by atoms with van der Waals surface area (Å²) < 4.78 is 0. The lowest BCUT2D eigenvalue weighted by Crippen LogP contribution is -2.25. The topological polar surface area (TPSA) is 32.3 Å². The highest BCUT2D eigenvalue weighted by Crippen LogP contribution is 2.18. The molecule has 2 nitrogen and oxygen atoms in total. The molecule has 0 aliphatic rings. The van der Waals surface area contributed by atoms with Gasteiger partial charge in [-0.05, 0) is 56.4 Å². The van der Waals surface area contributed by atoms with E-state index in [1.165, 1.54) is 16.7 Å². The van der Waals surface area contributed by atoms with Crippen molar-refractivity contribution in [2.45, 2.75) is 46.2 Å². The van der Waals surface area contributed by atoms with E-state index in [4.69, 9.17) is 0 Å². The van der Waals surface area contributed by atoms with E-state index in [0.29, 0.717) is 11.8 Å². The molecule has 112 valence electrons. The van der Waals surface area contributed by atoms with Crippen LogP contribution in [0.4, 0.5) is 0 Å². The van der Waals surface area contributed by atoms with Crippen LogP contribution in [-0.4, -0.2) is 11.1 Å². The molecule has 21 heavy (non-hydrogen) atoms. The van der Waals surface area contributed by atoms with Gasteiger partial charge in [-0.15, -0.1) is 0 Å². The smallest absolute Gasteiger partial charge is 0.118 e. The minimum absolute atomic E-state index is 0.379. The summed E-state index contributed by atoms with van der Waals surface area (Å²) >= 11 is 0. The Kier molecular flexibility index (Phi) is 5.40. The van der Waals surface area contributed by atoms with E-state index in [0.717, 1.165) is 24.9 Å². The third kappa shape index (κ3) is 4.91. The second kappa shape index (κ2) is 7.28. The molecule has 0 spiro atoms. The minimum atomic E-state index is 0.379. The van der Waals surface area contributed by atoms with Crippen LogP contribution in [0.25, 0.3) is 0 Å². The predicted molar refractivity (Wildman–Crippen MR) is 88.6 cm³/mol. The van der Waals surface area contributed by atoms with E-state index in [2.05, 4.69) is 49.5 Å². The third-order valence-corrected chi connectivity index (χ3v) is 3.90. The van der Waals surface area contributed by atoms with Crippen molar-refractivity contribution in [3.05, 3.63) is 64.7 Å². The van der Waals surface area contributed by atoms with Crippen molar-refractivity contribution in [1.82, 2.24) is 5.32 Å².